The molecule has 1 heterocycles. The Balaban J connectivity index is 2.32. The summed E-state index contributed by atoms with van der Waals surface area (Å²) >= 11 is 0. The zero-order valence-electron chi connectivity index (χ0n) is 8.04. The van der Waals surface area contributed by atoms with Gasteiger partial charge in [0.25, 0.3) is 0 Å². The van der Waals surface area contributed by atoms with E-state index >= 15 is 0 Å². The molecule has 1 aliphatic rings. The van der Waals surface area contributed by atoms with Gasteiger partial charge in [-0.25, -0.2) is 0 Å². The van der Waals surface area contributed by atoms with Crippen molar-refractivity contribution in [3.8, 4) is 0 Å². The van der Waals surface area contributed by atoms with E-state index in [1.54, 1.807) is 0 Å². The molecule has 4 heteroatoms. The van der Waals surface area contributed by atoms with Crippen LogP contribution in [0.25, 0.3) is 0 Å². The summed E-state index contributed by atoms with van der Waals surface area (Å²) in [4.78, 5) is 10.9. The Morgan fingerprint density at radius 1 is 1.69 bits per heavy atom. The van der Waals surface area contributed by atoms with Gasteiger partial charge in [-0.05, 0) is 25.3 Å². The zero-order valence-corrected chi connectivity index (χ0v) is 10.0. The first-order valence-electron chi connectivity index (χ1n) is 4.59. The minimum absolute atomic E-state index is 0.0793. The molecule has 1 atom stereocenters. The highest BCUT2D eigenvalue weighted by atomic mass is 28.1. The predicted molar refractivity (Wildman–Crippen MR) is 53.6 cm³/mol. The molecule has 1 rings (SSSR count). The molecule has 1 aliphatic heterocycles. The van der Waals surface area contributed by atoms with Crippen LogP contribution in [-0.4, -0.2) is 34.6 Å². The monoisotopic (exact) mass is 200 g/mol. The number of hydrogen-bond acceptors (Lipinski definition) is 3. The van der Waals surface area contributed by atoms with Crippen molar-refractivity contribution in [1.29, 1.82) is 0 Å². The maximum Gasteiger partial charge on any atom is 0.180 e. The molecular formula is C9H16O3Si. The number of ether oxygens (including phenoxy) is 2. The van der Waals surface area contributed by atoms with Crippen molar-refractivity contribution in [2.45, 2.75) is 24.7 Å². The second-order valence-corrected chi connectivity index (χ2v) is 4.92. The molecule has 0 radical (unpaired) electrons. The number of carbonyl (C=O) groups excluding carboxylic acids is 1. The maximum atomic E-state index is 10.9. The van der Waals surface area contributed by atoms with Gasteiger partial charge < -0.3 is 9.47 Å². The average Bonchev–Trinajstić information content (AvgIpc) is 2.15. The van der Waals surface area contributed by atoms with Gasteiger partial charge in [0.15, 0.2) is 5.78 Å². The Labute approximate surface area is 81.5 Å². The molecule has 0 amide bonds. The van der Waals surface area contributed by atoms with E-state index in [-0.39, 0.29) is 12.4 Å². The summed E-state index contributed by atoms with van der Waals surface area (Å²) in [6, 6.07) is 0. The third kappa shape index (κ3) is 3.42. The van der Waals surface area contributed by atoms with E-state index in [9.17, 15) is 4.79 Å². The van der Waals surface area contributed by atoms with Gasteiger partial charge in [0, 0.05) is 6.61 Å². The molecule has 1 unspecified atom stereocenters. The number of hydrogen-bond donors (Lipinski definition) is 0. The van der Waals surface area contributed by atoms with Gasteiger partial charge in [0.1, 0.15) is 12.0 Å². The molecule has 0 N–H and O–H groups in total. The van der Waals surface area contributed by atoms with Crippen LogP contribution in [0.3, 0.4) is 0 Å². The molecular weight excluding hydrogens is 184 g/mol. The molecule has 74 valence electrons. The maximum absolute atomic E-state index is 10.9. The van der Waals surface area contributed by atoms with Crippen molar-refractivity contribution in [2.75, 3.05) is 13.2 Å². The molecule has 13 heavy (non-hydrogen) atoms. The van der Waals surface area contributed by atoms with Crippen molar-refractivity contribution in [2.24, 2.45) is 0 Å². The Hall–Kier alpha value is -0.453. The Kier molecular flexibility index (Phi) is 3.83. The normalized spacial score (nSPS) is 28.6. The second-order valence-electron chi connectivity index (χ2n) is 3.40. The van der Waals surface area contributed by atoms with Gasteiger partial charge >= 0.3 is 0 Å². The van der Waals surface area contributed by atoms with E-state index in [0.717, 1.165) is 36.1 Å². The van der Waals surface area contributed by atoms with E-state index in [4.69, 9.17) is 9.47 Å². The van der Waals surface area contributed by atoms with E-state index in [2.05, 4.69) is 6.58 Å². The lowest BCUT2D eigenvalue weighted by Crippen LogP contribution is -2.40. The Bertz CT molecular complexity index is 197. The molecule has 3 nitrogen and oxygen atoms in total. The van der Waals surface area contributed by atoms with E-state index in [1.807, 2.05) is 0 Å². The molecule has 0 aromatic rings. The molecule has 0 bridgehead atoms. The van der Waals surface area contributed by atoms with Crippen molar-refractivity contribution in [3.63, 3.8) is 0 Å². The average molecular weight is 200 g/mol. The van der Waals surface area contributed by atoms with E-state index < -0.39 is 5.41 Å². The van der Waals surface area contributed by atoms with E-state index in [0.29, 0.717) is 0 Å². The largest absolute Gasteiger partial charge is 0.355 e. The van der Waals surface area contributed by atoms with Gasteiger partial charge in [-0.3, -0.25) is 4.79 Å². The third-order valence-electron chi connectivity index (χ3n) is 2.18. The first-order chi connectivity index (χ1) is 6.16. The van der Waals surface area contributed by atoms with Gasteiger partial charge in [-0.15, -0.1) is 0 Å². The van der Waals surface area contributed by atoms with Gasteiger partial charge in [-0.2, -0.15) is 0 Å². The lowest BCUT2D eigenvalue weighted by Gasteiger charge is -2.33. The molecule has 1 saturated heterocycles. The third-order valence-corrected chi connectivity index (χ3v) is 3.26. The molecule has 1 fully saturated rings. The molecule has 0 saturated carbocycles. The summed E-state index contributed by atoms with van der Waals surface area (Å²) in [5.41, 5.74) is -0.420. The van der Waals surface area contributed by atoms with Crippen LogP contribution in [-0.2, 0) is 14.3 Å². The van der Waals surface area contributed by atoms with Crippen LogP contribution >= 0.6 is 0 Å². The summed E-state index contributed by atoms with van der Waals surface area (Å²) in [5.74, 6) is -0.0793. The summed E-state index contributed by atoms with van der Waals surface area (Å²) < 4.78 is 11.0. The highest BCUT2D eigenvalue weighted by Gasteiger charge is 2.28. The number of ketones is 1. The summed E-state index contributed by atoms with van der Waals surface area (Å²) in [5, 5.41) is 0. The van der Waals surface area contributed by atoms with Crippen molar-refractivity contribution in [1.82, 2.24) is 0 Å². The first kappa shape index (κ1) is 10.6. The highest BCUT2D eigenvalue weighted by Crippen LogP contribution is 2.22. The molecule has 0 aromatic carbocycles. The van der Waals surface area contributed by atoms with Crippen LogP contribution < -0.4 is 0 Å². The summed E-state index contributed by atoms with van der Waals surface area (Å²) in [6.07, 6.45) is 4.44. The fourth-order valence-electron chi connectivity index (χ4n) is 1.30. The topological polar surface area (TPSA) is 35.5 Å². The van der Waals surface area contributed by atoms with Crippen LogP contribution in [0, 0.1) is 0 Å². The van der Waals surface area contributed by atoms with Gasteiger partial charge in [0.2, 0.25) is 0 Å². The van der Waals surface area contributed by atoms with Crippen LogP contribution in [0.1, 0.15) is 19.3 Å². The van der Waals surface area contributed by atoms with Crippen LogP contribution in [0.15, 0.2) is 12.7 Å². The number of rotatable bonds is 4. The van der Waals surface area contributed by atoms with Crippen molar-refractivity contribution in [3.05, 3.63) is 12.7 Å². The highest BCUT2D eigenvalue weighted by molar-refractivity contribution is 6.13. The standard InChI is InChI=1S/C9H16O3Si/c1-2-8(10)7-12-9(13)5-3-4-6-11-9/h2H,1,3-7H2,13H3. The summed E-state index contributed by atoms with van der Waals surface area (Å²) in [6.45, 7) is 4.25. The van der Waals surface area contributed by atoms with Gasteiger partial charge in [-0.1, -0.05) is 6.58 Å². The van der Waals surface area contributed by atoms with E-state index in [1.165, 1.54) is 6.08 Å². The van der Waals surface area contributed by atoms with Crippen LogP contribution in [0.2, 0.25) is 0 Å². The molecule has 0 spiro atoms. The van der Waals surface area contributed by atoms with Crippen LogP contribution in [0.4, 0.5) is 0 Å². The first-order valence-corrected chi connectivity index (χ1v) is 5.59. The molecule has 0 aromatic heterocycles. The summed E-state index contributed by atoms with van der Waals surface area (Å²) in [7, 11) is 0.807. The predicted octanol–water partition coefficient (Wildman–Crippen LogP) is -0.0222. The van der Waals surface area contributed by atoms with Crippen molar-refractivity contribution >= 4 is 16.0 Å². The Morgan fingerprint density at radius 3 is 3.00 bits per heavy atom. The lowest BCUT2D eigenvalue weighted by atomic mass is 10.2. The molecule has 0 aliphatic carbocycles. The van der Waals surface area contributed by atoms with Gasteiger partial charge in [0.05, 0.1) is 10.2 Å². The lowest BCUT2D eigenvalue weighted by molar-refractivity contribution is -0.197. The number of carbonyl (C=O) groups is 1. The minimum atomic E-state index is -0.420. The fourth-order valence-corrected chi connectivity index (χ4v) is 2.01. The quantitative estimate of drug-likeness (QED) is 0.472. The second kappa shape index (κ2) is 4.69. The SMILES string of the molecule is C=CC(=O)COC1([SiH3])CCCCO1. The Morgan fingerprint density at radius 2 is 2.46 bits per heavy atom. The van der Waals surface area contributed by atoms with Crippen LogP contribution in [0.5, 0.6) is 0 Å². The minimum Gasteiger partial charge on any atom is -0.355 e. The smallest absolute Gasteiger partial charge is 0.180 e. The van der Waals surface area contributed by atoms with Crippen molar-refractivity contribution < 1.29 is 14.3 Å². The fraction of sp³-hybridized carbons (Fsp3) is 0.667. The zero-order chi connectivity index (χ0) is 9.73.